The normalized spacial score (nSPS) is 11.6. The number of hydrogen-bond acceptors (Lipinski definition) is 3. The van der Waals surface area contributed by atoms with Gasteiger partial charge in [-0.2, -0.15) is 0 Å². The molecule has 1 atom stereocenters. The maximum absolute atomic E-state index is 10.7. The molecule has 0 aliphatic heterocycles. The maximum atomic E-state index is 10.7. The Morgan fingerprint density at radius 3 is 2.23 bits per heavy atom. The van der Waals surface area contributed by atoms with E-state index in [1.165, 1.54) is 0 Å². The Labute approximate surface area is 92.6 Å². The molecule has 66 valence electrons. The number of nitrogens with zero attached hydrogens (tertiary/aromatic N) is 1. The van der Waals surface area contributed by atoms with Gasteiger partial charge in [0.05, 0.1) is 5.69 Å². The number of para-hydroxylation sites is 1. The van der Waals surface area contributed by atoms with E-state index in [1.54, 1.807) is 23.1 Å². The number of rotatable bonds is 2. The van der Waals surface area contributed by atoms with Gasteiger partial charge in [-0.1, -0.05) is 12.1 Å². The summed E-state index contributed by atoms with van der Waals surface area (Å²) in [5.41, 5.74) is 0.714. The third-order valence-electron chi connectivity index (χ3n) is 1.53. The Morgan fingerprint density at radius 1 is 1.31 bits per heavy atom. The van der Waals surface area contributed by atoms with Gasteiger partial charge in [0.1, 0.15) is 0 Å². The molecule has 1 rings (SSSR count). The van der Waals surface area contributed by atoms with E-state index in [1.807, 2.05) is 20.2 Å². The molecule has 0 heterocycles. The van der Waals surface area contributed by atoms with Crippen LogP contribution in [0.4, 0.5) is 5.69 Å². The molecule has 0 amide bonds. The first kappa shape index (κ1) is 12.7. The molecule has 1 unspecified atom stereocenters. The molecule has 0 N–H and O–H groups in total. The van der Waals surface area contributed by atoms with Crippen LogP contribution in [0.25, 0.3) is 0 Å². The SMILES string of the molecule is CN(C)c1ccccc1S(=O)[O-].[Li+]. The molecular formula is C8H10LiNO2S. The van der Waals surface area contributed by atoms with Crippen LogP contribution >= 0.6 is 0 Å². The fourth-order valence-corrected chi connectivity index (χ4v) is 1.58. The maximum Gasteiger partial charge on any atom is 1.00 e. The molecule has 1 aromatic carbocycles. The summed E-state index contributed by atoms with van der Waals surface area (Å²) in [6.07, 6.45) is 0. The summed E-state index contributed by atoms with van der Waals surface area (Å²) in [6.45, 7) is 0. The topological polar surface area (TPSA) is 43.4 Å². The summed E-state index contributed by atoms with van der Waals surface area (Å²) < 4.78 is 21.4. The Balaban J connectivity index is 0.00000144. The number of benzene rings is 1. The van der Waals surface area contributed by atoms with Crippen LogP contribution in [0.3, 0.4) is 0 Å². The van der Waals surface area contributed by atoms with Gasteiger partial charge in [0.2, 0.25) is 0 Å². The fourth-order valence-electron chi connectivity index (χ4n) is 0.968. The van der Waals surface area contributed by atoms with Gasteiger partial charge in [0, 0.05) is 19.0 Å². The summed E-state index contributed by atoms with van der Waals surface area (Å²) in [4.78, 5) is 2.10. The minimum absolute atomic E-state index is 0. The van der Waals surface area contributed by atoms with Gasteiger partial charge in [-0.05, 0) is 23.2 Å². The van der Waals surface area contributed by atoms with Crippen molar-refractivity contribution in [1.82, 2.24) is 0 Å². The quantitative estimate of drug-likeness (QED) is 0.401. The molecule has 0 fully saturated rings. The van der Waals surface area contributed by atoms with Crippen molar-refractivity contribution in [1.29, 1.82) is 0 Å². The first-order valence-corrected chi connectivity index (χ1v) is 4.56. The van der Waals surface area contributed by atoms with E-state index in [0.29, 0.717) is 10.6 Å². The zero-order valence-electron chi connectivity index (χ0n) is 7.98. The van der Waals surface area contributed by atoms with Crippen molar-refractivity contribution in [3.05, 3.63) is 24.3 Å². The van der Waals surface area contributed by atoms with Crippen molar-refractivity contribution in [2.24, 2.45) is 0 Å². The van der Waals surface area contributed by atoms with Gasteiger partial charge in [-0.3, -0.25) is 4.21 Å². The molecule has 1 aromatic rings. The van der Waals surface area contributed by atoms with Crippen molar-refractivity contribution < 1.29 is 27.6 Å². The second kappa shape index (κ2) is 5.46. The summed E-state index contributed by atoms with van der Waals surface area (Å²) in [5.74, 6) is 0. The minimum Gasteiger partial charge on any atom is -0.768 e. The zero-order valence-corrected chi connectivity index (χ0v) is 8.80. The molecule has 3 nitrogen and oxygen atoms in total. The summed E-state index contributed by atoms with van der Waals surface area (Å²) >= 11 is -2.15. The van der Waals surface area contributed by atoms with E-state index >= 15 is 0 Å². The van der Waals surface area contributed by atoms with Crippen LogP contribution in [-0.2, 0) is 11.1 Å². The van der Waals surface area contributed by atoms with E-state index < -0.39 is 11.1 Å². The first-order valence-electron chi connectivity index (χ1n) is 3.48. The molecule has 0 saturated heterocycles. The first-order chi connectivity index (χ1) is 5.63. The second-order valence-electron chi connectivity index (χ2n) is 2.60. The van der Waals surface area contributed by atoms with E-state index in [0.717, 1.165) is 0 Å². The largest absolute Gasteiger partial charge is 1.00 e. The van der Waals surface area contributed by atoms with Gasteiger partial charge in [-0.15, -0.1) is 0 Å². The van der Waals surface area contributed by atoms with Gasteiger partial charge in [0.15, 0.2) is 0 Å². The third kappa shape index (κ3) is 3.16. The van der Waals surface area contributed by atoms with Crippen LogP contribution in [-0.4, -0.2) is 22.9 Å². The van der Waals surface area contributed by atoms with Crippen molar-refractivity contribution in [2.45, 2.75) is 4.90 Å². The average Bonchev–Trinajstić information content (AvgIpc) is 2.04. The summed E-state index contributed by atoms with van der Waals surface area (Å²) in [6, 6.07) is 6.87. The number of anilines is 1. The Bertz CT molecular complexity index is 304. The fraction of sp³-hybridized carbons (Fsp3) is 0.250. The van der Waals surface area contributed by atoms with Crippen LogP contribution in [0, 0.1) is 0 Å². The predicted molar refractivity (Wildman–Crippen MR) is 48.0 cm³/mol. The van der Waals surface area contributed by atoms with E-state index in [4.69, 9.17) is 0 Å². The zero-order chi connectivity index (χ0) is 9.14. The van der Waals surface area contributed by atoms with Gasteiger partial charge >= 0.3 is 18.9 Å². The Kier molecular flexibility index (Phi) is 5.34. The Morgan fingerprint density at radius 2 is 1.85 bits per heavy atom. The molecule has 13 heavy (non-hydrogen) atoms. The van der Waals surface area contributed by atoms with Gasteiger partial charge < -0.3 is 9.45 Å². The van der Waals surface area contributed by atoms with Crippen molar-refractivity contribution in [3.63, 3.8) is 0 Å². The van der Waals surface area contributed by atoms with Crippen molar-refractivity contribution in [3.8, 4) is 0 Å². The molecule has 0 aliphatic rings. The van der Waals surface area contributed by atoms with Gasteiger partial charge in [0.25, 0.3) is 0 Å². The summed E-state index contributed by atoms with van der Waals surface area (Å²) in [7, 11) is 3.62. The second-order valence-corrected chi connectivity index (χ2v) is 3.51. The van der Waals surface area contributed by atoms with Crippen molar-refractivity contribution in [2.75, 3.05) is 19.0 Å². The molecule has 0 aliphatic carbocycles. The van der Waals surface area contributed by atoms with E-state index in [2.05, 4.69) is 0 Å². The minimum atomic E-state index is -2.15. The van der Waals surface area contributed by atoms with Crippen molar-refractivity contribution >= 4 is 16.8 Å². The molecule has 0 spiro atoms. The van der Waals surface area contributed by atoms with Crippen LogP contribution in [0.5, 0.6) is 0 Å². The standard InChI is InChI=1S/C8H11NO2S.Li/c1-9(2)7-5-3-4-6-8(7)12(10)11;/h3-6H,1-2H3,(H,10,11);/q;+1/p-1. The third-order valence-corrected chi connectivity index (χ3v) is 2.23. The molecule has 0 aromatic heterocycles. The Hall–Kier alpha value is -0.273. The van der Waals surface area contributed by atoms with Crippen LogP contribution < -0.4 is 23.8 Å². The van der Waals surface area contributed by atoms with E-state index in [9.17, 15) is 8.76 Å². The van der Waals surface area contributed by atoms with E-state index in [-0.39, 0.29) is 18.9 Å². The predicted octanol–water partition coefficient (Wildman–Crippen LogP) is -2.01. The monoisotopic (exact) mass is 191 g/mol. The van der Waals surface area contributed by atoms with Crippen LogP contribution in [0.1, 0.15) is 0 Å². The number of hydrogen-bond donors (Lipinski definition) is 0. The smallest absolute Gasteiger partial charge is 0.768 e. The van der Waals surface area contributed by atoms with Gasteiger partial charge in [-0.25, -0.2) is 0 Å². The molecule has 0 saturated carbocycles. The summed E-state index contributed by atoms with van der Waals surface area (Å²) in [5, 5.41) is 0. The molecule has 0 bridgehead atoms. The molecular weight excluding hydrogens is 181 g/mol. The molecule has 0 radical (unpaired) electrons. The van der Waals surface area contributed by atoms with Crippen LogP contribution in [0.15, 0.2) is 29.2 Å². The average molecular weight is 191 g/mol. The molecule has 5 heteroatoms. The van der Waals surface area contributed by atoms with Crippen LogP contribution in [0.2, 0.25) is 0 Å².